The lowest BCUT2D eigenvalue weighted by molar-refractivity contribution is 0.0910. The largest absolute Gasteiger partial charge is 0.349 e. The predicted molar refractivity (Wildman–Crippen MR) is 77.7 cm³/mol. The van der Waals surface area contributed by atoms with Crippen LogP contribution in [0.25, 0.3) is 5.69 Å². The van der Waals surface area contributed by atoms with Crippen LogP contribution >= 0.6 is 0 Å². The van der Waals surface area contributed by atoms with Gasteiger partial charge in [-0.3, -0.25) is 4.79 Å². The van der Waals surface area contributed by atoms with Crippen LogP contribution < -0.4 is 5.32 Å². The lowest BCUT2D eigenvalue weighted by Crippen LogP contribution is -2.41. The molecule has 0 radical (unpaired) electrons. The van der Waals surface area contributed by atoms with Crippen molar-refractivity contribution in [3.63, 3.8) is 0 Å². The summed E-state index contributed by atoms with van der Waals surface area (Å²) >= 11 is 0. The van der Waals surface area contributed by atoms with E-state index < -0.39 is 0 Å². The molecule has 0 saturated heterocycles. The van der Waals surface area contributed by atoms with Crippen LogP contribution in [0.3, 0.4) is 0 Å². The molecule has 0 spiro atoms. The molecule has 2 rings (SSSR count). The van der Waals surface area contributed by atoms with Crippen molar-refractivity contribution in [1.82, 2.24) is 20.1 Å². The van der Waals surface area contributed by atoms with Gasteiger partial charge < -0.3 is 5.32 Å². The normalized spacial score (nSPS) is 13.0. The van der Waals surface area contributed by atoms with E-state index in [0.29, 0.717) is 5.56 Å². The molecule has 1 aromatic heterocycles. The van der Waals surface area contributed by atoms with Crippen molar-refractivity contribution in [2.75, 3.05) is 0 Å². The van der Waals surface area contributed by atoms with Crippen LogP contribution in [-0.4, -0.2) is 26.7 Å². The van der Waals surface area contributed by atoms with Crippen LogP contribution in [-0.2, 0) is 0 Å². The number of carbonyl (C=O) groups excluding carboxylic acids is 1. The van der Waals surface area contributed by atoms with Gasteiger partial charge in [-0.1, -0.05) is 32.9 Å². The Kier molecular flexibility index (Phi) is 3.88. The number of rotatable bonds is 3. The van der Waals surface area contributed by atoms with E-state index in [2.05, 4.69) is 36.2 Å². The Morgan fingerprint density at radius 3 is 2.60 bits per heavy atom. The summed E-state index contributed by atoms with van der Waals surface area (Å²) in [6.45, 7) is 8.31. The second-order valence-corrected chi connectivity index (χ2v) is 5.92. The number of hydrogen-bond acceptors (Lipinski definition) is 3. The molecule has 1 amide bonds. The summed E-state index contributed by atoms with van der Waals surface area (Å²) in [4.78, 5) is 16.4. The number of nitrogens with one attached hydrogen (secondary N) is 1. The highest BCUT2D eigenvalue weighted by atomic mass is 16.1. The quantitative estimate of drug-likeness (QED) is 0.933. The lowest BCUT2D eigenvalue weighted by Gasteiger charge is -2.28. The summed E-state index contributed by atoms with van der Waals surface area (Å²) in [7, 11) is 0. The maximum absolute atomic E-state index is 12.4. The Balaban J connectivity index is 2.28. The molecular weight excluding hydrogens is 252 g/mol. The highest BCUT2D eigenvalue weighted by molar-refractivity contribution is 5.97. The van der Waals surface area contributed by atoms with Crippen LogP contribution in [0.15, 0.2) is 36.9 Å². The number of aromatic nitrogens is 3. The van der Waals surface area contributed by atoms with Crippen molar-refractivity contribution in [1.29, 1.82) is 0 Å². The van der Waals surface area contributed by atoms with E-state index >= 15 is 0 Å². The van der Waals surface area contributed by atoms with Crippen LogP contribution in [0, 0.1) is 5.41 Å². The molecule has 0 aliphatic carbocycles. The fraction of sp³-hybridized carbons (Fsp3) is 0.400. The summed E-state index contributed by atoms with van der Waals surface area (Å²) in [5.74, 6) is -0.0986. The molecule has 2 aromatic rings. The fourth-order valence-electron chi connectivity index (χ4n) is 1.69. The smallest absolute Gasteiger partial charge is 0.253 e. The Bertz CT molecular complexity index is 584. The van der Waals surface area contributed by atoms with Gasteiger partial charge in [0.15, 0.2) is 0 Å². The van der Waals surface area contributed by atoms with E-state index in [-0.39, 0.29) is 17.4 Å². The van der Waals surface area contributed by atoms with Gasteiger partial charge in [-0.05, 0) is 24.5 Å². The third-order valence-corrected chi connectivity index (χ3v) is 3.46. The minimum atomic E-state index is -0.0986. The maximum atomic E-state index is 12.4. The minimum Gasteiger partial charge on any atom is -0.349 e. The van der Waals surface area contributed by atoms with Gasteiger partial charge in [-0.15, -0.1) is 0 Å². The Labute approximate surface area is 119 Å². The molecule has 5 nitrogen and oxygen atoms in total. The molecule has 1 unspecified atom stereocenters. The molecule has 1 N–H and O–H groups in total. The standard InChI is InChI=1S/C15H20N4O/c1-11(15(2,3)4)18-14(20)12-7-5-6-8-13(12)19-10-16-9-17-19/h5-11H,1-4H3,(H,18,20). The molecule has 5 heteroatoms. The summed E-state index contributed by atoms with van der Waals surface area (Å²) in [6, 6.07) is 7.43. The van der Waals surface area contributed by atoms with Gasteiger partial charge in [-0.2, -0.15) is 5.10 Å². The van der Waals surface area contributed by atoms with Crippen LogP contribution in [0.2, 0.25) is 0 Å². The van der Waals surface area contributed by atoms with Crippen molar-refractivity contribution in [2.45, 2.75) is 33.7 Å². The first-order valence-corrected chi connectivity index (χ1v) is 6.64. The first kappa shape index (κ1) is 14.2. The topological polar surface area (TPSA) is 59.8 Å². The lowest BCUT2D eigenvalue weighted by atomic mass is 9.88. The zero-order valence-corrected chi connectivity index (χ0v) is 12.3. The third kappa shape index (κ3) is 3.04. The van der Waals surface area contributed by atoms with Gasteiger partial charge in [0.2, 0.25) is 0 Å². The molecule has 0 aliphatic rings. The molecule has 0 bridgehead atoms. The average molecular weight is 272 g/mol. The van der Waals surface area contributed by atoms with Crippen molar-refractivity contribution < 1.29 is 4.79 Å². The van der Waals surface area contributed by atoms with Gasteiger partial charge >= 0.3 is 0 Å². The molecule has 1 aromatic carbocycles. The van der Waals surface area contributed by atoms with E-state index in [1.54, 1.807) is 17.1 Å². The third-order valence-electron chi connectivity index (χ3n) is 3.46. The van der Waals surface area contributed by atoms with Crippen molar-refractivity contribution in [3.05, 3.63) is 42.5 Å². The molecule has 1 heterocycles. The first-order valence-electron chi connectivity index (χ1n) is 6.64. The Hall–Kier alpha value is -2.17. The van der Waals surface area contributed by atoms with E-state index in [4.69, 9.17) is 0 Å². The SMILES string of the molecule is CC(NC(=O)c1ccccc1-n1cncn1)C(C)(C)C. The zero-order valence-electron chi connectivity index (χ0n) is 12.3. The monoisotopic (exact) mass is 272 g/mol. The second-order valence-electron chi connectivity index (χ2n) is 5.92. The predicted octanol–water partition coefficient (Wildman–Crippen LogP) is 2.43. The molecule has 0 fully saturated rings. The number of para-hydroxylation sites is 1. The van der Waals surface area contributed by atoms with E-state index in [1.165, 1.54) is 6.33 Å². The average Bonchev–Trinajstić information content (AvgIpc) is 2.91. The van der Waals surface area contributed by atoms with E-state index in [1.807, 2.05) is 25.1 Å². The van der Waals surface area contributed by atoms with Gasteiger partial charge in [0.05, 0.1) is 11.3 Å². The number of amides is 1. The molecular formula is C15H20N4O. The molecule has 0 aliphatic heterocycles. The summed E-state index contributed by atoms with van der Waals surface area (Å²) in [5, 5.41) is 7.12. The van der Waals surface area contributed by atoms with Gasteiger partial charge in [0, 0.05) is 6.04 Å². The molecule has 1 atom stereocenters. The van der Waals surface area contributed by atoms with Crippen LogP contribution in [0.5, 0.6) is 0 Å². The van der Waals surface area contributed by atoms with E-state index in [9.17, 15) is 4.79 Å². The summed E-state index contributed by atoms with van der Waals surface area (Å²) in [6.07, 6.45) is 3.03. The fourth-order valence-corrected chi connectivity index (χ4v) is 1.69. The minimum absolute atomic E-state index is 0.0118. The Morgan fingerprint density at radius 1 is 1.30 bits per heavy atom. The highest BCUT2D eigenvalue weighted by Gasteiger charge is 2.23. The summed E-state index contributed by atoms with van der Waals surface area (Å²) < 4.78 is 1.59. The molecule has 20 heavy (non-hydrogen) atoms. The highest BCUT2D eigenvalue weighted by Crippen LogP contribution is 2.20. The number of carbonyl (C=O) groups is 1. The van der Waals surface area contributed by atoms with E-state index in [0.717, 1.165) is 5.69 Å². The van der Waals surface area contributed by atoms with Crippen molar-refractivity contribution in [2.24, 2.45) is 5.41 Å². The molecule has 106 valence electrons. The number of nitrogens with zero attached hydrogens (tertiary/aromatic N) is 3. The number of benzene rings is 1. The van der Waals surface area contributed by atoms with Gasteiger partial charge in [0.25, 0.3) is 5.91 Å². The van der Waals surface area contributed by atoms with Crippen molar-refractivity contribution in [3.8, 4) is 5.69 Å². The zero-order chi connectivity index (χ0) is 14.8. The maximum Gasteiger partial charge on any atom is 0.253 e. The van der Waals surface area contributed by atoms with Crippen LogP contribution in [0.1, 0.15) is 38.1 Å². The first-order chi connectivity index (χ1) is 9.39. The van der Waals surface area contributed by atoms with Gasteiger partial charge in [0.1, 0.15) is 12.7 Å². The van der Waals surface area contributed by atoms with Gasteiger partial charge in [-0.25, -0.2) is 9.67 Å². The molecule has 0 saturated carbocycles. The second kappa shape index (κ2) is 5.45. The Morgan fingerprint density at radius 2 is 2.00 bits per heavy atom. The summed E-state index contributed by atoms with van der Waals surface area (Å²) in [5.41, 5.74) is 1.33. The van der Waals surface area contributed by atoms with Crippen LogP contribution in [0.4, 0.5) is 0 Å². The van der Waals surface area contributed by atoms with Crippen molar-refractivity contribution >= 4 is 5.91 Å². The number of hydrogen-bond donors (Lipinski definition) is 1.